The van der Waals surface area contributed by atoms with Gasteiger partial charge in [-0.1, -0.05) is 24.3 Å². The number of likely N-dealkylation sites (tertiary alicyclic amines) is 1. The summed E-state index contributed by atoms with van der Waals surface area (Å²) in [6.45, 7) is 2.35. The molecule has 2 aliphatic rings. The molecule has 12 heteroatoms. The number of hydrogen-bond acceptors (Lipinski definition) is 5. The normalized spacial score (nSPS) is 19.0. The second kappa shape index (κ2) is 12.0. The number of carboxylic acids is 1. The van der Waals surface area contributed by atoms with Gasteiger partial charge in [0.25, 0.3) is 5.91 Å². The van der Waals surface area contributed by atoms with Gasteiger partial charge in [0.2, 0.25) is 5.91 Å². The van der Waals surface area contributed by atoms with Crippen LogP contribution in [-0.2, 0) is 9.59 Å². The minimum Gasteiger partial charge on any atom is -0.475 e. The summed E-state index contributed by atoms with van der Waals surface area (Å²) in [4.78, 5) is 34.3. The zero-order chi connectivity index (χ0) is 27.2. The molecule has 4 N–H and O–H groups in total. The largest absolute Gasteiger partial charge is 0.490 e. The van der Waals surface area contributed by atoms with Gasteiger partial charge < -0.3 is 15.3 Å². The number of carbonyl (C=O) groups is 3. The molecule has 2 amide bonds. The van der Waals surface area contributed by atoms with Crippen LogP contribution in [-0.4, -0.2) is 64.8 Å². The van der Waals surface area contributed by atoms with E-state index in [1.165, 1.54) is 23.8 Å². The Balaban J connectivity index is 0.000000479. The number of rotatable bonds is 7. The fourth-order valence-electron chi connectivity index (χ4n) is 3.78. The summed E-state index contributed by atoms with van der Waals surface area (Å²) in [5.74, 6) is -2.65. The molecule has 0 spiro atoms. The Morgan fingerprint density at radius 1 is 1.03 bits per heavy atom. The average Bonchev–Trinajstić information content (AvgIpc) is 3.61. The van der Waals surface area contributed by atoms with E-state index in [2.05, 4.69) is 5.32 Å². The molecule has 1 heterocycles. The summed E-state index contributed by atoms with van der Waals surface area (Å²) in [5, 5.41) is 19.3. The highest BCUT2D eigenvalue weighted by molar-refractivity contribution is 5.94. The van der Waals surface area contributed by atoms with E-state index in [4.69, 9.17) is 15.1 Å². The van der Waals surface area contributed by atoms with Crippen molar-refractivity contribution in [3.8, 4) is 0 Å². The van der Waals surface area contributed by atoms with Crippen molar-refractivity contribution in [3.63, 3.8) is 0 Å². The van der Waals surface area contributed by atoms with E-state index in [-0.39, 0.29) is 11.7 Å². The number of carbonyl (C=O) groups excluding carboxylic acids is 2. The Morgan fingerprint density at radius 3 is 2.16 bits per heavy atom. The van der Waals surface area contributed by atoms with Gasteiger partial charge >= 0.3 is 12.1 Å². The lowest BCUT2D eigenvalue weighted by Gasteiger charge is -2.39. The van der Waals surface area contributed by atoms with Gasteiger partial charge in [-0.25, -0.2) is 14.7 Å². The Labute approximate surface area is 209 Å². The van der Waals surface area contributed by atoms with Gasteiger partial charge in [-0.3, -0.25) is 14.8 Å². The number of halogens is 4. The molecule has 1 saturated carbocycles. The van der Waals surface area contributed by atoms with Crippen LogP contribution < -0.4 is 10.8 Å². The molecule has 0 bridgehead atoms. The molecule has 1 aliphatic carbocycles. The maximum Gasteiger partial charge on any atom is 0.490 e. The van der Waals surface area contributed by atoms with Crippen LogP contribution in [0, 0.1) is 11.7 Å². The third-order valence-electron chi connectivity index (χ3n) is 5.96. The molecule has 0 aromatic heterocycles. The highest BCUT2D eigenvalue weighted by atomic mass is 19.4. The first-order valence-corrected chi connectivity index (χ1v) is 11.3. The Morgan fingerprint density at radius 2 is 1.62 bits per heavy atom. The lowest BCUT2D eigenvalue weighted by molar-refractivity contribution is -0.192. The number of alkyl halides is 3. The fraction of sp³-hybridized carbons (Fsp3) is 0.320. The van der Waals surface area contributed by atoms with E-state index < -0.39 is 18.1 Å². The number of nitrogens with one attached hydrogen (secondary N) is 2. The summed E-state index contributed by atoms with van der Waals surface area (Å²) in [6.07, 6.45) is -0.759. The van der Waals surface area contributed by atoms with Crippen molar-refractivity contribution in [1.82, 2.24) is 15.7 Å². The van der Waals surface area contributed by atoms with Gasteiger partial charge in [-0.15, -0.1) is 0 Å². The van der Waals surface area contributed by atoms with Crippen molar-refractivity contribution >= 4 is 23.9 Å². The highest BCUT2D eigenvalue weighted by Crippen LogP contribution is 2.40. The number of nitrogens with zero attached hydrogens (tertiary/aromatic N) is 1. The number of benzene rings is 2. The zero-order valence-electron chi connectivity index (χ0n) is 19.4. The SMILES string of the molecule is O=C(NO)c1ccc(/C=C/C(=O)N2CC(CNC3CC3c3ccc(F)cc3)C2)cc1.O=C(O)C(F)(F)F. The van der Waals surface area contributed by atoms with E-state index in [1.807, 2.05) is 12.1 Å². The van der Waals surface area contributed by atoms with Crippen molar-refractivity contribution < 1.29 is 42.3 Å². The second-order valence-electron chi connectivity index (χ2n) is 8.72. The van der Waals surface area contributed by atoms with E-state index in [1.54, 1.807) is 40.7 Å². The molecule has 4 rings (SSSR count). The number of hydroxylamine groups is 1. The first-order chi connectivity index (χ1) is 17.5. The van der Waals surface area contributed by atoms with Crippen molar-refractivity contribution in [2.24, 2.45) is 5.92 Å². The summed E-state index contributed by atoms with van der Waals surface area (Å²) < 4.78 is 44.7. The summed E-state index contributed by atoms with van der Waals surface area (Å²) in [7, 11) is 0. The molecule has 8 nitrogen and oxygen atoms in total. The van der Waals surface area contributed by atoms with Gasteiger partial charge in [0.05, 0.1) is 0 Å². The molecule has 0 radical (unpaired) electrons. The van der Waals surface area contributed by atoms with E-state index in [9.17, 15) is 27.2 Å². The number of amides is 2. The monoisotopic (exact) mass is 523 g/mol. The standard InChI is InChI=1S/C23H24FN3O3.C2HF3O2/c24-19-8-6-17(7-9-19)20-11-21(20)25-12-16-13-27(14-16)22(28)10-3-15-1-4-18(5-2-15)23(29)26-30;3-2(4,5)1(6)7/h1-10,16,20-21,25,30H,11-14H2,(H,26,29);(H,6,7)/b10-3+;. The van der Waals surface area contributed by atoms with Crippen LogP contribution in [0.2, 0.25) is 0 Å². The first kappa shape index (κ1) is 27.8. The smallest absolute Gasteiger partial charge is 0.475 e. The highest BCUT2D eigenvalue weighted by Gasteiger charge is 2.39. The molecule has 198 valence electrons. The third-order valence-corrected chi connectivity index (χ3v) is 5.96. The van der Waals surface area contributed by atoms with Crippen LogP contribution in [0.15, 0.2) is 54.6 Å². The van der Waals surface area contributed by atoms with Gasteiger partial charge in [-0.05, 0) is 47.9 Å². The third kappa shape index (κ3) is 8.12. The van der Waals surface area contributed by atoms with Crippen molar-refractivity contribution in [3.05, 3.63) is 77.1 Å². The predicted octanol–water partition coefficient (Wildman–Crippen LogP) is 3.20. The molecular weight excluding hydrogens is 498 g/mol. The van der Waals surface area contributed by atoms with Crippen molar-refractivity contribution in [2.45, 2.75) is 24.6 Å². The molecule has 1 aliphatic heterocycles. The molecule has 37 heavy (non-hydrogen) atoms. The van der Waals surface area contributed by atoms with Crippen molar-refractivity contribution in [2.75, 3.05) is 19.6 Å². The minimum atomic E-state index is -5.08. The van der Waals surface area contributed by atoms with Gasteiger partial charge in [0.15, 0.2) is 0 Å². The summed E-state index contributed by atoms with van der Waals surface area (Å²) in [6, 6.07) is 13.8. The van der Waals surface area contributed by atoms with E-state index in [0.29, 0.717) is 23.4 Å². The zero-order valence-corrected chi connectivity index (χ0v) is 19.4. The summed E-state index contributed by atoms with van der Waals surface area (Å²) >= 11 is 0. The van der Waals surface area contributed by atoms with Crippen molar-refractivity contribution in [1.29, 1.82) is 0 Å². The van der Waals surface area contributed by atoms with Gasteiger partial charge in [0, 0.05) is 49.2 Å². The maximum absolute atomic E-state index is 13.0. The molecule has 2 aromatic carbocycles. The van der Waals surface area contributed by atoms with Gasteiger partial charge in [0.1, 0.15) is 5.82 Å². The molecule has 1 saturated heterocycles. The predicted molar refractivity (Wildman–Crippen MR) is 124 cm³/mol. The number of hydrogen-bond donors (Lipinski definition) is 4. The molecule has 2 atom stereocenters. The fourth-order valence-corrected chi connectivity index (χ4v) is 3.78. The topological polar surface area (TPSA) is 119 Å². The quantitative estimate of drug-likeness (QED) is 0.192. The van der Waals surface area contributed by atoms with Crippen LogP contribution in [0.3, 0.4) is 0 Å². The lowest BCUT2D eigenvalue weighted by atomic mass is 9.99. The Hall–Kier alpha value is -3.77. The lowest BCUT2D eigenvalue weighted by Crippen LogP contribution is -2.53. The molecule has 2 unspecified atom stereocenters. The Kier molecular flexibility index (Phi) is 9.00. The van der Waals surface area contributed by atoms with Crippen LogP contribution in [0.25, 0.3) is 6.08 Å². The van der Waals surface area contributed by atoms with Crippen LogP contribution in [0.4, 0.5) is 17.6 Å². The van der Waals surface area contributed by atoms with Gasteiger partial charge in [-0.2, -0.15) is 13.2 Å². The minimum absolute atomic E-state index is 0.0287. The second-order valence-corrected chi connectivity index (χ2v) is 8.72. The maximum atomic E-state index is 13.0. The average molecular weight is 523 g/mol. The Bertz CT molecular complexity index is 1130. The molecular formula is C25H25F4N3O5. The number of carboxylic acid groups (broad SMARTS) is 1. The van der Waals surface area contributed by atoms with Crippen LogP contribution >= 0.6 is 0 Å². The summed E-state index contributed by atoms with van der Waals surface area (Å²) in [5.41, 5.74) is 3.90. The number of aliphatic carboxylic acids is 1. The van der Waals surface area contributed by atoms with E-state index >= 15 is 0 Å². The molecule has 2 fully saturated rings. The van der Waals surface area contributed by atoms with Crippen LogP contribution in [0.5, 0.6) is 0 Å². The van der Waals surface area contributed by atoms with E-state index in [0.717, 1.165) is 31.6 Å². The molecule has 2 aromatic rings. The first-order valence-electron chi connectivity index (χ1n) is 11.3. The van der Waals surface area contributed by atoms with Crippen LogP contribution in [0.1, 0.15) is 33.8 Å².